The van der Waals surface area contributed by atoms with E-state index < -0.39 is 0 Å². The highest BCUT2D eigenvalue weighted by molar-refractivity contribution is 5.97. The summed E-state index contributed by atoms with van der Waals surface area (Å²) in [7, 11) is 0. The predicted octanol–water partition coefficient (Wildman–Crippen LogP) is 3.60. The fraction of sp³-hybridized carbons (Fsp3) is 0.708. The lowest BCUT2D eigenvalue weighted by Gasteiger charge is -2.26. The number of carbonyl (C=O) groups excluding carboxylic acids is 1. The Morgan fingerprint density at radius 3 is 2.75 bits per heavy atom. The van der Waals surface area contributed by atoms with Gasteiger partial charge in [0.2, 0.25) is 5.91 Å². The lowest BCUT2D eigenvalue weighted by molar-refractivity contribution is -0.123. The zero-order chi connectivity index (χ0) is 18.9. The normalized spacial score (nSPS) is 28.4. The van der Waals surface area contributed by atoms with Crippen LogP contribution in [0.3, 0.4) is 0 Å². The molecular weight excluding hydrogens is 346 g/mol. The van der Waals surface area contributed by atoms with E-state index in [0.717, 1.165) is 31.7 Å². The van der Waals surface area contributed by atoms with E-state index in [9.17, 15) is 4.79 Å². The van der Waals surface area contributed by atoms with E-state index in [0.29, 0.717) is 17.9 Å². The van der Waals surface area contributed by atoms with Crippen LogP contribution in [0.25, 0.3) is 0 Å². The Hall–Kier alpha value is -1.39. The first-order chi connectivity index (χ1) is 13.8. The van der Waals surface area contributed by atoms with Crippen molar-refractivity contribution in [1.82, 2.24) is 10.6 Å². The molecule has 0 bridgehead atoms. The highest BCUT2D eigenvalue weighted by atomic mass is 16.2. The largest absolute Gasteiger partial charge is 0.317 e. The van der Waals surface area contributed by atoms with Gasteiger partial charge < -0.3 is 15.5 Å². The minimum Gasteiger partial charge on any atom is -0.317 e. The van der Waals surface area contributed by atoms with Crippen molar-refractivity contribution in [1.29, 1.82) is 0 Å². The van der Waals surface area contributed by atoms with Gasteiger partial charge >= 0.3 is 0 Å². The molecule has 5 rings (SSSR count). The predicted molar refractivity (Wildman–Crippen MR) is 114 cm³/mol. The number of nitrogens with one attached hydrogen (secondary N) is 2. The van der Waals surface area contributed by atoms with E-state index in [1.807, 2.05) is 0 Å². The highest BCUT2D eigenvalue weighted by Crippen LogP contribution is 2.43. The Morgan fingerprint density at radius 1 is 1.11 bits per heavy atom. The van der Waals surface area contributed by atoms with E-state index >= 15 is 0 Å². The van der Waals surface area contributed by atoms with E-state index in [1.165, 1.54) is 75.0 Å². The minimum absolute atomic E-state index is 0.270. The van der Waals surface area contributed by atoms with Gasteiger partial charge in [0.1, 0.15) is 0 Å². The quantitative estimate of drug-likeness (QED) is 0.819. The maximum Gasteiger partial charge on any atom is 0.230 e. The molecule has 1 aromatic carbocycles. The number of fused-ring (bicyclic) bond motifs is 1. The molecule has 2 saturated carbocycles. The molecule has 1 saturated heterocycles. The SMILES string of the molecule is O=C(C1CCCCC1)N1CCc2cc([C@@H]3C[C@H]3NCC3CCNCC3)ccc21. The van der Waals surface area contributed by atoms with Crippen LogP contribution in [0.4, 0.5) is 5.69 Å². The van der Waals surface area contributed by atoms with Crippen LogP contribution in [0.5, 0.6) is 0 Å². The summed E-state index contributed by atoms with van der Waals surface area (Å²) in [5, 5.41) is 7.27. The van der Waals surface area contributed by atoms with Crippen molar-refractivity contribution < 1.29 is 4.79 Å². The molecular formula is C24H35N3O. The standard InChI is InChI=1S/C24H35N3O/c28-24(18-4-2-1-3-5-18)27-13-10-20-14-19(6-7-23(20)27)21-15-22(21)26-16-17-8-11-25-12-9-17/h6-7,14,17-18,21-22,25-26H,1-5,8-13,15-16H2/t21-,22+/m0/s1. The topological polar surface area (TPSA) is 44.4 Å². The van der Waals surface area contributed by atoms with Crippen LogP contribution >= 0.6 is 0 Å². The number of anilines is 1. The molecule has 28 heavy (non-hydrogen) atoms. The summed E-state index contributed by atoms with van der Waals surface area (Å²) in [5.74, 6) is 2.18. The number of hydrogen-bond acceptors (Lipinski definition) is 3. The van der Waals surface area contributed by atoms with Gasteiger partial charge in [0.25, 0.3) is 0 Å². The van der Waals surface area contributed by atoms with Crippen molar-refractivity contribution in [3.05, 3.63) is 29.3 Å². The summed E-state index contributed by atoms with van der Waals surface area (Å²) in [6.07, 6.45) is 10.9. The third-order valence-corrected chi connectivity index (χ3v) is 7.57. The summed E-state index contributed by atoms with van der Waals surface area (Å²) in [6, 6.07) is 7.60. The van der Waals surface area contributed by atoms with Gasteiger partial charge in [-0.25, -0.2) is 0 Å². The number of benzene rings is 1. The molecule has 1 amide bonds. The van der Waals surface area contributed by atoms with Gasteiger partial charge in [0.15, 0.2) is 0 Å². The van der Waals surface area contributed by atoms with Crippen LogP contribution < -0.4 is 15.5 Å². The second kappa shape index (κ2) is 8.16. The Labute approximate surface area is 169 Å². The Kier molecular flexibility index (Phi) is 5.43. The number of piperidine rings is 1. The second-order valence-corrected chi connectivity index (χ2v) is 9.51. The Balaban J connectivity index is 1.18. The van der Waals surface area contributed by atoms with Crippen molar-refractivity contribution in [3.63, 3.8) is 0 Å². The van der Waals surface area contributed by atoms with Gasteiger partial charge in [-0.1, -0.05) is 31.4 Å². The van der Waals surface area contributed by atoms with Gasteiger partial charge in [-0.15, -0.1) is 0 Å². The average molecular weight is 382 g/mol. The summed E-state index contributed by atoms with van der Waals surface area (Å²) in [6.45, 7) is 4.43. The van der Waals surface area contributed by atoms with Crippen molar-refractivity contribution in [2.75, 3.05) is 31.1 Å². The third kappa shape index (κ3) is 3.86. The van der Waals surface area contributed by atoms with Crippen LogP contribution in [0.1, 0.15) is 68.4 Å². The zero-order valence-corrected chi connectivity index (χ0v) is 17.1. The van der Waals surface area contributed by atoms with E-state index in [-0.39, 0.29) is 5.92 Å². The molecule has 4 nitrogen and oxygen atoms in total. The number of nitrogens with zero attached hydrogens (tertiary/aromatic N) is 1. The number of carbonyl (C=O) groups is 1. The smallest absolute Gasteiger partial charge is 0.230 e. The molecule has 4 heteroatoms. The first-order valence-electron chi connectivity index (χ1n) is 11.7. The maximum absolute atomic E-state index is 13.0. The Bertz CT molecular complexity index is 706. The number of amides is 1. The molecule has 4 aliphatic rings. The van der Waals surface area contributed by atoms with Crippen LogP contribution in [0, 0.1) is 11.8 Å². The van der Waals surface area contributed by atoms with E-state index in [1.54, 1.807) is 0 Å². The molecule has 2 heterocycles. The van der Waals surface area contributed by atoms with Crippen LogP contribution in [0.15, 0.2) is 18.2 Å². The third-order valence-electron chi connectivity index (χ3n) is 7.57. The second-order valence-electron chi connectivity index (χ2n) is 9.51. The van der Waals surface area contributed by atoms with Gasteiger partial charge in [0, 0.05) is 30.1 Å². The number of rotatable bonds is 5. The molecule has 1 aromatic rings. The summed E-state index contributed by atoms with van der Waals surface area (Å²) in [4.78, 5) is 15.1. The van der Waals surface area contributed by atoms with Crippen molar-refractivity contribution in [2.45, 2.75) is 69.7 Å². The lowest BCUT2D eigenvalue weighted by Crippen LogP contribution is -2.35. The van der Waals surface area contributed by atoms with E-state index in [4.69, 9.17) is 0 Å². The summed E-state index contributed by atoms with van der Waals surface area (Å²) in [5.41, 5.74) is 4.07. The van der Waals surface area contributed by atoms with Crippen LogP contribution in [0.2, 0.25) is 0 Å². The lowest BCUT2D eigenvalue weighted by atomic mass is 9.88. The van der Waals surface area contributed by atoms with Crippen molar-refractivity contribution in [3.8, 4) is 0 Å². The summed E-state index contributed by atoms with van der Waals surface area (Å²) < 4.78 is 0. The summed E-state index contributed by atoms with van der Waals surface area (Å²) >= 11 is 0. The first kappa shape index (κ1) is 18.6. The van der Waals surface area contributed by atoms with Gasteiger partial charge in [-0.2, -0.15) is 0 Å². The molecule has 2 atom stereocenters. The average Bonchev–Trinajstić information content (AvgIpc) is 3.42. The van der Waals surface area contributed by atoms with Gasteiger partial charge in [-0.3, -0.25) is 4.79 Å². The molecule has 0 unspecified atom stereocenters. The van der Waals surface area contributed by atoms with Gasteiger partial charge in [-0.05, 0) is 81.3 Å². The molecule has 2 aliphatic heterocycles. The fourth-order valence-corrected chi connectivity index (χ4v) is 5.64. The minimum atomic E-state index is 0.270. The molecule has 2 N–H and O–H groups in total. The van der Waals surface area contributed by atoms with Crippen LogP contribution in [-0.2, 0) is 11.2 Å². The van der Waals surface area contributed by atoms with Crippen molar-refractivity contribution in [2.24, 2.45) is 11.8 Å². The monoisotopic (exact) mass is 381 g/mol. The molecule has 3 fully saturated rings. The van der Waals surface area contributed by atoms with Gasteiger partial charge in [0.05, 0.1) is 0 Å². The molecule has 152 valence electrons. The fourth-order valence-electron chi connectivity index (χ4n) is 5.64. The molecule has 0 aromatic heterocycles. The van der Waals surface area contributed by atoms with E-state index in [2.05, 4.69) is 33.7 Å². The molecule has 2 aliphatic carbocycles. The van der Waals surface area contributed by atoms with Crippen molar-refractivity contribution >= 4 is 11.6 Å². The number of hydrogen-bond donors (Lipinski definition) is 2. The molecule has 0 spiro atoms. The highest BCUT2D eigenvalue weighted by Gasteiger charge is 2.39. The van der Waals surface area contributed by atoms with Crippen LogP contribution in [-0.4, -0.2) is 38.1 Å². The maximum atomic E-state index is 13.0. The first-order valence-corrected chi connectivity index (χ1v) is 11.7. The Morgan fingerprint density at radius 2 is 1.93 bits per heavy atom. The zero-order valence-electron chi connectivity index (χ0n) is 17.1. The molecule has 0 radical (unpaired) electrons.